The maximum atomic E-state index is 12.6. The van der Waals surface area contributed by atoms with Crippen LogP contribution in [-0.4, -0.2) is 51.4 Å². The summed E-state index contributed by atoms with van der Waals surface area (Å²) in [6.45, 7) is 5.84. The minimum absolute atomic E-state index is 0.00979. The summed E-state index contributed by atoms with van der Waals surface area (Å²) in [5, 5.41) is 25.6. The highest BCUT2D eigenvalue weighted by Gasteiger charge is 2.59. The molecule has 0 unspecified atom stereocenters. The van der Waals surface area contributed by atoms with E-state index in [-0.39, 0.29) is 47.5 Å². The van der Waals surface area contributed by atoms with Crippen LogP contribution in [0.3, 0.4) is 0 Å². The van der Waals surface area contributed by atoms with Crippen molar-refractivity contribution in [2.45, 2.75) is 70.7 Å². The Morgan fingerprint density at radius 1 is 1.19 bits per heavy atom. The van der Waals surface area contributed by atoms with Gasteiger partial charge in [-0.05, 0) is 31.4 Å². The zero-order valence-corrected chi connectivity index (χ0v) is 21.3. The highest BCUT2D eigenvalue weighted by Crippen LogP contribution is 2.40. The van der Waals surface area contributed by atoms with Gasteiger partial charge in [0.25, 0.3) is 5.91 Å². The molecule has 0 radical (unpaired) electrons. The molecule has 198 valence electrons. The van der Waals surface area contributed by atoms with Crippen LogP contribution in [0.4, 0.5) is 0 Å². The summed E-state index contributed by atoms with van der Waals surface area (Å²) in [5.74, 6) is -1.54. The topological polar surface area (TPSA) is 145 Å². The smallest absolute Gasteiger partial charge is 0.251 e. The highest BCUT2D eigenvalue weighted by molar-refractivity contribution is 6.07. The first kappa shape index (κ1) is 28.0. The fraction of sp³-hybridized carbons (Fsp3) is 0.429. The molecule has 1 saturated heterocycles. The molecule has 4 N–H and O–H groups in total. The van der Waals surface area contributed by atoms with E-state index in [4.69, 9.17) is 4.74 Å². The van der Waals surface area contributed by atoms with E-state index in [1.54, 1.807) is 13.0 Å². The molecular weight excluding hydrogens is 476 g/mol. The van der Waals surface area contributed by atoms with E-state index < -0.39 is 29.6 Å². The van der Waals surface area contributed by atoms with Crippen LogP contribution < -0.4 is 10.6 Å². The second kappa shape index (κ2) is 12.1. The number of rotatable bonds is 11. The van der Waals surface area contributed by atoms with E-state index in [1.807, 2.05) is 13.0 Å². The molecule has 2 aliphatic carbocycles. The zero-order valence-electron chi connectivity index (χ0n) is 21.3. The SMILES string of the molecule is CCCC[C@@H](C)C=C(C)C(=O)NC1=C[C@@](O)(C=CC=CC=CC(=O)NC2=C(O)CCC2=O)[C@@H]2O[C@@H]2C1=O. The van der Waals surface area contributed by atoms with Crippen LogP contribution >= 0.6 is 0 Å². The zero-order chi connectivity index (χ0) is 27.2. The molecule has 37 heavy (non-hydrogen) atoms. The maximum absolute atomic E-state index is 12.6. The fourth-order valence-electron chi connectivity index (χ4n) is 4.21. The molecule has 2 amide bonds. The first-order chi connectivity index (χ1) is 17.6. The Balaban J connectivity index is 1.59. The molecule has 1 fully saturated rings. The molecule has 0 aromatic rings. The van der Waals surface area contributed by atoms with Crippen LogP contribution in [0.2, 0.25) is 0 Å². The number of fused-ring (bicyclic) bond motifs is 1. The van der Waals surface area contributed by atoms with Gasteiger partial charge in [0.05, 0.1) is 5.70 Å². The van der Waals surface area contributed by atoms with Crippen molar-refractivity contribution in [3.63, 3.8) is 0 Å². The number of aliphatic hydroxyl groups is 2. The third-order valence-electron chi connectivity index (χ3n) is 6.35. The summed E-state index contributed by atoms with van der Waals surface area (Å²) in [5.41, 5.74) is -1.17. The lowest BCUT2D eigenvalue weighted by Crippen LogP contribution is -2.42. The lowest BCUT2D eigenvalue weighted by molar-refractivity contribution is -0.121. The van der Waals surface area contributed by atoms with Gasteiger partial charge in [-0.1, -0.05) is 57.1 Å². The van der Waals surface area contributed by atoms with Crippen molar-refractivity contribution in [1.82, 2.24) is 10.6 Å². The van der Waals surface area contributed by atoms with Crippen molar-refractivity contribution in [1.29, 1.82) is 0 Å². The Hall–Kier alpha value is -3.56. The summed E-state index contributed by atoms with van der Waals surface area (Å²) in [4.78, 5) is 48.7. The highest BCUT2D eigenvalue weighted by atomic mass is 16.6. The van der Waals surface area contributed by atoms with Gasteiger partial charge in [0.2, 0.25) is 11.7 Å². The van der Waals surface area contributed by atoms with Gasteiger partial charge in [-0.2, -0.15) is 0 Å². The van der Waals surface area contributed by atoms with Gasteiger partial charge in [-0.3, -0.25) is 19.2 Å². The number of hydrogen-bond donors (Lipinski definition) is 4. The molecular formula is C28H34N2O7. The molecule has 1 aliphatic heterocycles. The fourth-order valence-corrected chi connectivity index (χ4v) is 4.21. The standard InChI is InChI=1S/C28H34N2O7/c1-4-5-10-17(2)15-18(3)27(35)29-19-16-28(36,26-25(37-26)24(19)34)14-9-7-6-8-11-22(33)30-23-20(31)12-13-21(23)32/h6-9,11,14-17,25-26,31,36H,4-5,10,12-13H2,1-3H3,(H,29,35)(H,30,33)/t17-,25-,26-,28+/m1/s1. The van der Waals surface area contributed by atoms with E-state index in [9.17, 15) is 29.4 Å². The second-order valence-electron chi connectivity index (χ2n) is 9.55. The normalized spacial score (nSPS) is 26.7. The number of allylic oxidation sites excluding steroid dienone is 7. The van der Waals surface area contributed by atoms with E-state index in [1.165, 1.54) is 36.5 Å². The van der Waals surface area contributed by atoms with Crippen molar-refractivity contribution < 1.29 is 34.1 Å². The molecule has 0 aromatic heterocycles. The Kier molecular flexibility index (Phi) is 9.18. The first-order valence-electron chi connectivity index (χ1n) is 12.5. The van der Waals surface area contributed by atoms with Crippen molar-refractivity contribution in [2.24, 2.45) is 5.92 Å². The molecule has 1 heterocycles. The van der Waals surface area contributed by atoms with E-state index >= 15 is 0 Å². The van der Waals surface area contributed by atoms with Gasteiger partial charge >= 0.3 is 0 Å². The number of amides is 2. The Labute approximate surface area is 216 Å². The van der Waals surface area contributed by atoms with Crippen molar-refractivity contribution >= 4 is 23.4 Å². The number of carbonyl (C=O) groups excluding carboxylic acids is 4. The molecule has 9 heteroatoms. The number of carbonyl (C=O) groups is 4. The quantitative estimate of drug-likeness (QED) is 0.190. The Morgan fingerprint density at radius 3 is 2.59 bits per heavy atom. The third-order valence-corrected chi connectivity index (χ3v) is 6.35. The van der Waals surface area contributed by atoms with Gasteiger partial charge in [0, 0.05) is 24.5 Å². The first-order valence-corrected chi connectivity index (χ1v) is 12.5. The number of ketones is 2. The van der Waals surface area contributed by atoms with E-state index in [0.29, 0.717) is 5.57 Å². The second-order valence-corrected chi connectivity index (χ2v) is 9.55. The van der Waals surface area contributed by atoms with Gasteiger partial charge in [0.15, 0.2) is 11.9 Å². The average Bonchev–Trinajstić information content (AvgIpc) is 3.61. The lowest BCUT2D eigenvalue weighted by atomic mass is 9.88. The molecule has 3 aliphatic rings. The number of hydrogen-bond acceptors (Lipinski definition) is 7. The predicted molar refractivity (Wildman–Crippen MR) is 137 cm³/mol. The number of epoxide rings is 1. The number of ether oxygens (including phenoxy) is 1. The van der Waals surface area contributed by atoms with Crippen molar-refractivity contribution in [2.75, 3.05) is 0 Å². The molecule has 3 rings (SSSR count). The van der Waals surface area contributed by atoms with Gasteiger partial charge in [-0.25, -0.2) is 0 Å². The summed E-state index contributed by atoms with van der Waals surface area (Å²) in [6.07, 6.45) is 13.8. The van der Waals surface area contributed by atoms with Crippen LogP contribution in [0.25, 0.3) is 0 Å². The molecule has 0 aromatic carbocycles. The molecule has 0 bridgehead atoms. The molecule has 0 spiro atoms. The Bertz CT molecular complexity index is 1140. The van der Waals surface area contributed by atoms with Crippen molar-refractivity contribution in [3.8, 4) is 0 Å². The van der Waals surface area contributed by atoms with E-state index in [2.05, 4.69) is 17.6 Å². The van der Waals surface area contributed by atoms with Crippen LogP contribution in [0.1, 0.15) is 52.9 Å². The average molecular weight is 511 g/mol. The van der Waals surface area contributed by atoms with Crippen LogP contribution in [0, 0.1) is 5.92 Å². The Morgan fingerprint density at radius 2 is 1.92 bits per heavy atom. The van der Waals surface area contributed by atoms with E-state index in [0.717, 1.165) is 19.3 Å². The third kappa shape index (κ3) is 7.24. The van der Waals surface area contributed by atoms with Crippen LogP contribution in [0.5, 0.6) is 0 Å². The number of unbranched alkanes of at least 4 members (excludes halogenated alkanes) is 1. The van der Waals surface area contributed by atoms with Gasteiger partial charge in [0.1, 0.15) is 23.2 Å². The summed E-state index contributed by atoms with van der Waals surface area (Å²) in [6, 6.07) is 0. The van der Waals surface area contributed by atoms with Crippen LogP contribution in [-0.2, 0) is 23.9 Å². The maximum Gasteiger partial charge on any atom is 0.251 e. The molecule has 9 nitrogen and oxygen atoms in total. The summed E-state index contributed by atoms with van der Waals surface area (Å²) >= 11 is 0. The minimum atomic E-state index is -1.59. The number of aliphatic hydroxyl groups excluding tert-OH is 1. The predicted octanol–water partition coefficient (Wildman–Crippen LogP) is 2.76. The lowest BCUT2D eigenvalue weighted by Gasteiger charge is -2.23. The summed E-state index contributed by atoms with van der Waals surface area (Å²) in [7, 11) is 0. The van der Waals surface area contributed by atoms with Gasteiger partial charge in [-0.15, -0.1) is 0 Å². The summed E-state index contributed by atoms with van der Waals surface area (Å²) < 4.78 is 5.37. The van der Waals surface area contributed by atoms with Gasteiger partial charge < -0.3 is 25.6 Å². The monoisotopic (exact) mass is 510 g/mol. The van der Waals surface area contributed by atoms with Crippen molar-refractivity contribution in [3.05, 3.63) is 71.3 Å². The minimum Gasteiger partial charge on any atom is -0.510 e. The van der Waals surface area contributed by atoms with Crippen LogP contribution in [0.15, 0.2) is 71.3 Å². The molecule has 4 atom stereocenters. The number of nitrogens with one attached hydrogen (secondary N) is 2. The molecule has 0 saturated carbocycles. The number of Topliss-reactive ketones (excluding diaryl/α,β-unsaturated/α-hetero) is 2. The largest absolute Gasteiger partial charge is 0.510 e.